The SMILES string of the molecule is C=C1C(=O)[C@@]23CC[C@@H]4C(C)(C)[C@@H](OC(C)=O)[C@@H](OC(C)=O)C[C@@]4(C)[C@@H]2[C@@H](O)C[C@]1(O)C3. The van der Waals surface area contributed by atoms with Gasteiger partial charge in [-0.1, -0.05) is 27.4 Å². The van der Waals surface area contributed by atoms with Gasteiger partial charge in [0.15, 0.2) is 5.78 Å². The Hall–Kier alpha value is -1.73. The Morgan fingerprint density at radius 2 is 1.71 bits per heavy atom. The number of aliphatic hydroxyl groups excluding tert-OH is 1. The molecule has 1 spiro atoms. The average molecular weight is 435 g/mol. The lowest BCUT2D eigenvalue weighted by atomic mass is 9.39. The van der Waals surface area contributed by atoms with Crippen molar-refractivity contribution >= 4 is 17.7 Å². The highest BCUT2D eigenvalue weighted by atomic mass is 16.6. The Labute approximate surface area is 183 Å². The molecular formula is C24H34O7. The zero-order valence-electron chi connectivity index (χ0n) is 19.1. The minimum atomic E-state index is -1.35. The third-order valence-electron chi connectivity index (χ3n) is 9.03. The second-order valence-electron chi connectivity index (χ2n) is 11.2. The van der Waals surface area contributed by atoms with E-state index in [2.05, 4.69) is 13.5 Å². The van der Waals surface area contributed by atoms with Crippen LogP contribution >= 0.6 is 0 Å². The van der Waals surface area contributed by atoms with Gasteiger partial charge in [-0.05, 0) is 37.0 Å². The zero-order chi connectivity index (χ0) is 23.1. The molecule has 7 nitrogen and oxygen atoms in total. The van der Waals surface area contributed by atoms with Gasteiger partial charge in [-0.2, -0.15) is 0 Å². The number of esters is 2. The highest BCUT2D eigenvalue weighted by molar-refractivity contribution is 6.05. The fourth-order valence-corrected chi connectivity index (χ4v) is 8.31. The van der Waals surface area contributed by atoms with Crippen molar-refractivity contribution in [3.8, 4) is 0 Å². The fraction of sp³-hybridized carbons (Fsp3) is 0.792. The van der Waals surface area contributed by atoms with Gasteiger partial charge in [0.25, 0.3) is 0 Å². The number of carbonyl (C=O) groups excluding carboxylic acids is 3. The van der Waals surface area contributed by atoms with Crippen molar-refractivity contribution in [3.63, 3.8) is 0 Å². The summed E-state index contributed by atoms with van der Waals surface area (Å²) in [6.45, 7) is 12.6. The molecule has 172 valence electrons. The number of aliphatic hydroxyl groups is 2. The minimum Gasteiger partial charge on any atom is -0.459 e. The summed E-state index contributed by atoms with van der Waals surface area (Å²) in [7, 11) is 0. The smallest absolute Gasteiger partial charge is 0.303 e. The van der Waals surface area contributed by atoms with Gasteiger partial charge >= 0.3 is 11.9 Å². The summed E-state index contributed by atoms with van der Waals surface area (Å²) in [6, 6.07) is 0. The molecule has 0 amide bonds. The maximum Gasteiger partial charge on any atom is 0.303 e. The summed E-state index contributed by atoms with van der Waals surface area (Å²) in [4.78, 5) is 37.2. The molecular weight excluding hydrogens is 400 g/mol. The maximum absolute atomic E-state index is 13.4. The van der Waals surface area contributed by atoms with Crippen LogP contribution in [0.15, 0.2) is 12.2 Å². The number of Topliss-reactive ketones (excluding diaryl/α,β-unsaturated/α-hetero) is 1. The van der Waals surface area contributed by atoms with E-state index in [1.54, 1.807) is 0 Å². The van der Waals surface area contributed by atoms with Crippen LogP contribution in [0.1, 0.15) is 66.7 Å². The van der Waals surface area contributed by atoms with E-state index in [1.807, 2.05) is 13.8 Å². The van der Waals surface area contributed by atoms with E-state index in [9.17, 15) is 24.6 Å². The molecule has 2 bridgehead atoms. The van der Waals surface area contributed by atoms with E-state index in [4.69, 9.17) is 9.47 Å². The van der Waals surface area contributed by atoms with Gasteiger partial charge in [0.05, 0.1) is 11.7 Å². The third-order valence-corrected chi connectivity index (χ3v) is 9.03. The monoisotopic (exact) mass is 434 g/mol. The van der Waals surface area contributed by atoms with E-state index in [1.165, 1.54) is 13.8 Å². The molecule has 8 atom stereocenters. The topological polar surface area (TPSA) is 110 Å². The normalized spacial score (nSPS) is 47.9. The second-order valence-corrected chi connectivity index (χ2v) is 11.2. The summed E-state index contributed by atoms with van der Waals surface area (Å²) in [6.07, 6.45) is -0.204. The van der Waals surface area contributed by atoms with Gasteiger partial charge in [-0.3, -0.25) is 14.4 Å². The lowest BCUT2D eigenvalue weighted by molar-refractivity contribution is -0.251. The molecule has 31 heavy (non-hydrogen) atoms. The molecule has 0 aromatic rings. The molecule has 4 aliphatic rings. The van der Waals surface area contributed by atoms with Gasteiger partial charge in [0, 0.05) is 42.6 Å². The summed E-state index contributed by atoms with van der Waals surface area (Å²) in [5.74, 6) is -1.42. The van der Waals surface area contributed by atoms with Gasteiger partial charge < -0.3 is 19.7 Å². The largest absolute Gasteiger partial charge is 0.459 e. The maximum atomic E-state index is 13.4. The fourth-order valence-electron chi connectivity index (χ4n) is 8.31. The molecule has 0 aromatic carbocycles. The van der Waals surface area contributed by atoms with Gasteiger partial charge in [-0.15, -0.1) is 0 Å². The molecule has 4 fully saturated rings. The van der Waals surface area contributed by atoms with Gasteiger partial charge in [-0.25, -0.2) is 0 Å². The first-order chi connectivity index (χ1) is 14.2. The lowest BCUT2D eigenvalue weighted by Gasteiger charge is -2.66. The molecule has 4 rings (SSSR count). The van der Waals surface area contributed by atoms with Crippen molar-refractivity contribution in [1.82, 2.24) is 0 Å². The summed E-state index contributed by atoms with van der Waals surface area (Å²) < 4.78 is 11.4. The highest BCUT2D eigenvalue weighted by Crippen LogP contribution is 2.72. The molecule has 0 aliphatic heterocycles. The number of carbonyl (C=O) groups is 3. The Morgan fingerprint density at radius 3 is 2.29 bits per heavy atom. The number of hydrogen-bond donors (Lipinski definition) is 2. The molecule has 0 aromatic heterocycles. The number of fused-ring (bicyclic) bond motifs is 3. The Kier molecular flexibility index (Phi) is 4.81. The molecule has 4 saturated carbocycles. The second kappa shape index (κ2) is 6.64. The van der Waals surface area contributed by atoms with Crippen LogP contribution in [0.3, 0.4) is 0 Å². The Balaban J connectivity index is 1.82. The Bertz CT molecular complexity index is 862. The minimum absolute atomic E-state index is 0.0225. The standard InChI is InChI=1S/C24H34O7/c1-12-19(28)23-8-7-17-21(4,5)20(31-14(3)26)16(30-13(2)25)10-22(17,6)18(23)15(27)9-24(12,29)11-23/h15-18,20,27,29H,1,7-11H2,2-6H3/t15-,16-,17+,18-,20-,22+,23+,24-/m0/s1. The average Bonchev–Trinajstić information content (AvgIpc) is 2.75. The van der Waals surface area contributed by atoms with Crippen molar-refractivity contribution < 1.29 is 34.1 Å². The van der Waals surface area contributed by atoms with E-state index in [-0.39, 0.29) is 30.1 Å². The predicted octanol–water partition coefficient (Wildman–Crippen LogP) is 2.32. The van der Waals surface area contributed by atoms with Crippen LogP contribution in [-0.4, -0.2) is 51.8 Å². The predicted molar refractivity (Wildman–Crippen MR) is 111 cm³/mol. The number of ketones is 1. The molecule has 0 radical (unpaired) electrons. The van der Waals surface area contributed by atoms with Crippen molar-refractivity contribution in [2.75, 3.05) is 0 Å². The first-order valence-electron chi connectivity index (χ1n) is 11.2. The van der Waals surface area contributed by atoms with Crippen molar-refractivity contribution in [2.24, 2.45) is 28.1 Å². The molecule has 0 unspecified atom stereocenters. The first kappa shape index (κ1) is 22.5. The number of ether oxygens (including phenoxy) is 2. The quantitative estimate of drug-likeness (QED) is 0.507. The third kappa shape index (κ3) is 2.88. The van der Waals surface area contributed by atoms with Crippen LogP contribution in [0.4, 0.5) is 0 Å². The highest BCUT2D eigenvalue weighted by Gasteiger charge is 2.74. The van der Waals surface area contributed by atoms with E-state index in [0.717, 1.165) is 0 Å². The lowest BCUT2D eigenvalue weighted by Crippen LogP contribution is -2.68. The van der Waals surface area contributed by atoms with Crippen LogP contribution in [0.25, 0.3) is 0 Å². The van der Waals surface area contributed by atoms with Crippen LogP contribution in [0.2, 0.25) is 0 Å². The summed E-state index contributed by atoms with van der Waals surface area (Å²) >= 11 is 0. The van der Waals surface area contributed by atoms with E-state index in [0.29, 0.717) is 19.3 Å². The zero-order valence-corrected chi connectivity index (χ0v) is 19.1. The molecule has 4 aliphatic carbocycles. The first-order valence-corrected chi connectivity index (χ1v) is 11.2. The number of hydrogen-bond acceptors (Lipinski definition) is 7. The van der Waals surface area contributed by atoms with Crippen LogP contribution in [-0.2, 0) is 23.9 Å². The molecule has 0 saturated heterocycles. The van der Waals surface area contributed by atoms with Gasteiger partial charge in [0.2, 0.25) is 0 Å². The Morgan fingerprint density at radius 1 is 1.10 bits per heavy atom. The molecule has 7 heteroatoms. The number of rotatable bonds is 2. The van der Waals surface area contributed by atoms with Crippen LogP contribution in [0, 0.1) is 28.1 Å². The van der Waals surface area contributed by atoms with Crippen LogP contribution in [0.5, 0.6) is 0 Å². The van der Waals surface area contributed by atoms with Crippen molar-refractivity contribution in [3.05, 3.63) is 12.2 Å². The molecule has 2 N–H and O–H groups in total. The van der Waals surface area contributed by atoms with Crippen molar-refractivity contribution in [2.45, 2.75) is 90.6 Å². The van der Waals surface area contributed by atoms with Crippen LogP contribution < -0.4 is 0 Å². The van der Waals surface area contributed by atoms with Crippen molar-refractivity contribution in [1.29, 1.82) is 0 Å². The van der Waals surface area contributed by atoms with Gasteiger partial charge in [0.1, 0.15) is 12.2 Å². The van der Waals surface area contributed by atoms with E-state index >= 15 is 0 Å². The van der Waals surface area contributed by atoms with E-state index < -0.39 is 58.0 Å². The molecule has 0 heterocycles. The summed E-state index contributed by atoms with van der Waals surface area (Å²) in [5, 5.41) is 22.3. The summed E-state index contributed by atoms with van der Waals surface area (Å²) in [5.41, 5.74) is -3.11.